The predicted molar refractivity (Wildman–Crippen MR) is 77.4 cm³/mol. The normalized spacial score (nSPS) is 11.4. The summed E-state index contributed by atoms with van der Waals surface area (Å²) in [5.74, 6) is 0. The Kier molecular flexibility index (Phi) is 5.75. The zero-order valence-electron chi connectivity index (χ0n) is 12.0. The highest BCUT2D eigenvalue weighted by molar-refractivity contribution is 7.11. The monoisotopic (exact) mass is 285 g/mol. The van der Waals surface area contributed by atoms with E-state index >= 15 is 0 Å². The number of amides is 2. The zero-order valence-corrected chi connectivity index (χ0v) is 12.9. The van der Waals surface area contributed by atoms with Crippen LogP contribution in [-0.2, 0) is 6.54 Å². The van der Waals surface area contributed by atoms with Gasteiger partial charge in [0, 0.05) is 11.4 Å². The Morgan fingerprint density at radius 2 is 1.95 bits per heavy atom. The van der Waals surface area contributed by atoms with Crippen molar-refractivity contribution in [3.8, 4) is 0 Å². The molecule has 2 amide bonds. The molecule has 0 aliphatic rings. The molecule has 0 aliphatic heterocycles. The molecule has 1 aromatic heterocycles. The summed E-state index contributed by atoms with van der Waals surface area (Å²) >= 11 is 1.59. The van der Waals surface area contributed by atoms with Gasteiger partial charge in [-0.25, -0.2) is 9.78 Å². The molecule has 0 aromatic carbocycles. The number of hydrogen-bond acceptors (Lipinski definition) is 4. The first-order chi connectivity index (χ1) is 8.90. The number of rotatable bonds is 6. The molecule has 1 heterocycles. The van der Waals surface area contributed by atoms with Gasteiger partial charge in [0.15, 0.2) is 0 Å². The topological polar surface area (TPSA) is 74.2 Å². The van der Waals surface area contributed by atoms with Crippen LogP contribution in [0.25, 0.3) is 0 Å². The lowest BCUT2D eigenvalue weighted by atomic mass is 9.98. The average Bonchev–Trinajstić information content (AvgIpc) is 2.73. The van der Waals surface area contributed by atoms with Gasteiger partial charge < -0.3 is 15.7 Å². The van der Waals surface area contributed by atoms with E-state index in [1.807, 2.05) is 27.7 Å². The molecule has 0 spiro atoms. The molecule has 0 unspecified atom stereocenters. The molecule has 0 saturated carbocycles. The van der Waals surface area contributed by atoms with Crippen LogP contribution in [0.3, 0.4) is 0 Å². The number of aryl methyl sites for hydroxylation is 2. The first-order valence-corrected chi connectivity index (χ1v) is 7.39. The number of thiazole rings is 1. The van der Waals surface area contributed by atoms with Gasteiger partial charge in [0.2, 0.25) is 0 Å². The van der Waals surface area contributed by atoms with Crippen molar-refractivity contribution in [2.75, 3.05) is 6.54 Å². The van der Waals surface area contributed by atoms with E-state index in [1.165, 1.54) is 4.88 Å². The first kappa shape index (κ1) is 15.9. The minimum absolute atomic E-state index is 0.266. The lowest BCUT2D eigenvalue weighted by Gasteiger charge is -2.25. The molecule has 0 atom stereocenters. The van der Waals surface area contributed by atoms with E-state index in [9.17, 15) is 9.90 Å². The second-order valence-corrected chi connectivity index (χ2v) is 6.00. The Balaban J connectivity index is 2.36. The van der Waals surface area contributed by atoms with Crippen LogP contribution in [0.1, 0.15) is 42.3 Å². The van der Waals surface area contributed by atoms with Crippen LogP contribution >= 0.6 is 11.3 Å². The molecule has 1 aromatic rings. The van der Waals surface area contributed by atoms with Crippen molar-refractivity contribution in [2.24, 2.45) is 0 Å². The number of aliphatic hydroxyl groups is 1. The molecule has 0 radical (unpaired) electrons. The van der Waals surface area contributed by atoms with E-state index in [0.717, 1.165) is 10.7 Å². The van der Waals surface area contributed by atoms with Gasteiger partial charge in [-0.1, -0.05) is 13.8 Å². The standard InChI is InChI=1S/C13H23N3O2S/c1-5-13(18,6-2)8-15-12(17)14-7-11-16-9(3)10(4)19-11/h18H,5-8H2,1-4H3,(H2,14,15,17). The van der Waals surface area contributed by atoms with Crippen molar-refractivity contribution in [2.45, 2.75) is 52.7 Å². The number of nitrogens with zero attached hydrogens (tertiary/aromatic N) is 1. The van der Waals surface area contributed by atoms with Crippen LogP contribution in [0, 0.1) is 13.8 Å². The third-order valence-electron chi connectivity index (χ3n) is 3.37. The van der Waals surface area contributed by atoms with E-state index in [4.69, 9.17) is 0 Å². The van der Waals surface area contributed by atoms with Crippen LogP contribution in [0.2, 0.25) is 0 Å². The average molecular weight is 285 g/mol. The van der Waals surface area contributed by atoms with E-state index in [0.29, 0.717) is 19.4 Å². The van der Waals surface area contributed by atoms with Gasteiger partial charge in [-0.2, -0.15) is 0 Å². The van der Waals surface area contributed by atoms with E-state index < -0.39 is 5.60 Å². The lowest BCUT2D eigenvalue weighted by molar-refractivity contribution is 0.0349. The fourth-order valence-electron chi connectivity index (χ4n) is 1.58. The van der Waals surface area contributed by atoms with E-state index in [2.05, 4.69) is 15.6 Å². The van der Waals surface area contributed by atoms with Gasteiger partial charge in [0.25, 0.3) is 0 Å². The van der Waals surface area contributed by atoms with Gasteiger partial charge in [0.1, 0.15) is 5.01 Å². The van der Waals surface area contributed by atoms with Crippen molar-refractivity contribution >= 4 is 17.4 Å². The molecular weight excluding hydrogens is 262 g/mol. The number of carbonyl (C=O) groups excluding carboxylic acids is 1. The lowest BCUT2D eigenvalue weighted by Crippen LogP contribution is -2.45. The van der Waals surface area contributed by atoms with Crippen molar-refractivity contribution in [3.05, 3.63) is 15.6 Å². The highest BCUT2D eigenvalue weighted by atomic mass is 32.1. The van der Waals surface area contributed by atoms with Gasteiger partial charge in [-0.05, 0) is 26.7 Å². The summed E-state index contributed by atoms with van der Waals surface area (Å²) in [5.41, 5.74) is 0.194. The number of nitrogens with one attached hydrogen (secondary N) is 2. The Morgan fingerprint density at radius 1 is 1.32 bits per heavy atom. The molecule has 3 N–H and O–H groups in total. The SMILES string of the molecule is CCC(O)(CC)CNC(=O)NCc1nc(C)c(C)s1. The Labute approximate surface area is 118 Å². The maximum absolute atomic E-state index is 11.6. The number of carbonyl (C=O) groups is 1. The highest BCUT2D eigenvalue weighted by Crippen LogP contribution is 2.16. The summed E-state index contributed by atoms with van der Waals surface area (Å²) in [6, 6.07) is -0.272. The Bertz CT molecular complexity index is 408. The first-order valence-electron chi connectivity index (χ1n) is 6.57. The van der Waals surface area contributed by atoms with Crippen LogP contribution < -0.4 is 10.6 Å². The maximum atomic E-state index is 11.6. The van der Waals surface area contributed by atoms with Crippen LogP contribution in [0.5, 0.6) is 0 Å². The van der Waals surface area contributed by atoms with Crippen molar-refractivity contribution in [3.63, 3.8) is 0 Å². The summed E-state index contributed by atoms with van der Waals surface area (Å²) in [6.07, 6.45) is 1.24. The van der Waals surface area contributed by atoms with Crippen molar-refractivity contribution in [1.29, 1.82) is 0 Å². The second-order valence-electron chi connectivity index (χ2n) is 4.72. The smallest absolute Gasteiger partial charge is 0.315 e. The van der Waals surface area contributed by atoms with Gasteiger partial charge in [0.05, 0.1) is 17.8 Å². The fraction of sp³-hybridized carbons (Fsp3) is 0.692. The number of aromatic nitrogens is 1. The molecule has 6 heteroatoms. The van der Waals surface area contributed by atoms with Gasteiger partial charge in [-0.15, -0.1) is 11.3 Å². The van der Waals surface area contributed by atoms with Crippen LogP contribution in [0.4, 0.5) is 4.79 Å². The van der Waals surface area contributed by atoms with E-state index in [1.54, 1.807) is 11.3 Å². The molecule has 19 heavy (non-hydrogen) atoms. The summed E-state index contributed by atoms with van der Waals surface area (Å²) in [7, 11) is 0. The molecule has 108 valence electrons. The maximum Gasteiger partial charge on any atom is 0.315 e. The van der Waals surface area contributed by atoms with Crippen LogP contribution in [0.15, 0.2) is 0 Å². The predicted octanol–water partition coefficient (Wildman–Crippen LogP) is 2.11. The molecule has 0 saturated heterocycles. The number of urea groups is 1. The van der Waals surface area contributed by atoms with Crippen molar-refractivity contribution in [1.82, 2.24) is 15.6 Å². The molecular formula is C13H23N3O2S. The van der Waals surface area contributed by atoms with Gasteiger partial charge in [-0.3, -0.25) is 0 Å². The quantitative estimate of drug-likeness (QED) is 0.749. The molecule has 0 fully saturated rings. The fourth-order valence-corrected chi connectivity index (χ4v) is 2.45. The summed E-state index contributed by atoms with van der Waals surface area (Å²) < 4.78 is 0. The summed E-state index contributed by atoms with van der Waals surface area (Å²) in [6.45, 7) is 8.47. The van der Waals surface area contributed by atoms with Gasteiger partial charge >= 0.3 is 6.03 Å². The summed E-state index contributed by atoms with van der Waals surface area (Å²) in [5, 5.41) is 16.4. The molecule has 0 aliphatic carbocycles. The van der Waals surface area contributed by atoms with E-state index in [-0.39, 0.29) is 12.6 Å². The number of hydrogen-bond donors (Lipinski definition) is 3. The third-order valence-corrected chi connectivity index (χ3v) is 4.44. The van der Waals surface area contributed by atoms with Crippen LogP contribution in [-0.4, -0.2) is 28.3 Å². The highest BCUT2D eigenvalue weighted by Gasteiger charge is 2.22. The molecule has 1 rings (SSSR count). The Morgan fingerprint density at radius 3 is 2.42 bits per heavy atom. The zero-order chi connectivity index (χ0) is 14.5. The molecule has 5 nitrogen and oxygen atoms in total. The second kappa shape index (κ2) is 6.86. The third kappa shape index (κ3) is 4.80. The molecule has 0 bridgehead atoms. The largest absolute Gasteiger partial charge is 0.388 e. The minimum Gasteiger partial charge on any atom is -0.388 e. The summed E-state index contributed by atoms with van der Waals surface area (Å²) in [4.78, 5) is 17.2. The van der Waals surface area contributed by atoms with Crippen molar-refractivity contribution < 1.29 is 9.90 Å². The minimum atomic E-state index is -0.814. The Hall–Kier alpha value is -1.14.